The van der Waals surface area contributed by atoms with Crippen molar-refractivity contribution in [1.29, 1.82) is 0 Å². The van der Waals surface area contributed by atoms with E-state index in [1.54, 1.807) is 0 Å². The number of rotatable bonds is 11. The number of fused-ring (bicyclic) bond motifs is 8. The normalized spacial score (nSPS) is 14.1. The molecule has 0 fully saturated rings. The summed E-state index contributed by atoms with van der Waals surface area (Å²) < 4.78 is 14.8. The van der Waals surface area contributed by atoms with Gasteiger partial charge in [-0.25, -0.2) is 0 Å². The molecule has 0 aliphatic carbocycles. The lowest BCUT2D eigenvalue weighted by Gasteiger charge is -2.45. The second-order valence-electron chi connectivity index (χ2n) is 22.3. The molecule has 0 aromatic heterocycles. The highest BCUT2D eigenvalue weighted by atomic mass is 16.5. The van der Waals surface area contributed by atoms with Crippen LogP contribution in [0.3, 0.4) is 0 Å². The Hall–Kier alpha value is -10.6. The molecular weight excluding hydrogens is 1040 g/mol. The van der Waals surface area contributed by atoms with Gasteiger partial charge in [-0.15, -0.1) is 0 Å². The topological polar surface area (TPSA) is 34.7 Å². The second-order valence-corrected chi connectivity index (χ2v) is 22.3. The molecule has 0 spiro atoms. The number of nitrogens with zero attached hydrogens (tertiary/aromatic N) is 5. The molecule has 0 bridgehead atoms. The van der Waals surface area contributed by atoms with E-state index in [1.165, 1.54) is 22.2 Å². The van der Waals surface area contributed by atoms with Gasteiger partial charge in [0.25, 0.3) is 13.4 Å². The Labute approximate surface area is 497 Å². The lowest BCUT2D eigenvalue weighted by Crippen LogP contribution is -2.63. The van der Waals surface area contributed by atoms with E-state index in [-0.39, 0.29) is 13.4 Å². The van der Waals surface area contributed by atoms with Crippen molar-refractivity contribution in [2.45, 2.75) is 19.8 Å². The van der Waals surface area contributed by atoms with Crippen molar-refractivity contribution in [3.63, 3.8) is 0 Å². The number of hydrogen-bond acceptors (Lipinski definition) is 7. The van der Waals surface area contributed by atoms with Gasteiger partial charge in [0.1, 0.15) is 23.0 Å². The molecule has 0 atom stereocenters. The van der Waals surface area contributed by atoms with Crippen molar-refractivity contribution in [3.05, 3.63) is 297 Å². The first-order valence-electron chi connectivity index (χ1n) is 29.5. The highest BCUT2D eigenvalue weighted by molar-refractivity contribution is 7.02. The quantitative estimate of drug-likeness (QED) is 0.119. The van der Waals surface area contributed by atoms with Crippen LogP contribution in [0.5, 0.6) is 23.0 Å². The zero-order valence-electron chi connectivity index (χ0n) is 47.1. The fourth-order valence-corrected chi connectivity index (χ4v) is 13.9. The number of allylic oxidation sites excluding steroid dienone is 4. The van der Waals surface area contributed by atoms with Gasteiger partial charge in [-0.2, -0.15) is 0 Å². The molecule has 5 heterocycles. The van der Waals surface area contributed by atoms with Crippen LogP contribution in [-0.4, -0.2) is 20.0 Å². The SMILES string of the molecule is C=CC1=C(/C=C\C)N(c2ccc3c(c2)Oc2cc(N(c4ccccc4)c4ccccc4)cc4c2B3c2cc3c(cc2N4c2ccccc2)N(c2ccccc2)c2cc(N(c4ccccc4)c4ccccc4)cc4c2B3c2ccccc2O4)CCC1. The summed E-state index contributed by atoms with van der Waals surface area (Å²) in [5.41, 5.74) is 23.0. The molecule has 0 saturated carbocycles. The predicted molar refractivity (Wildman–Crippen MR) is 356 cm³/mol. The Morgan fingerprint density at radius 2 is 0.847 bits per heavy atom. The fourth-order valence-electron chi connectivity index (χ4n) is 13.9. The van der Waals surface area contributed by atoms with Crippen LogP contribution in [0.2, 0.25) is 0 Å². The molecule has 5 aliphatic heterocycles. The number of hydrogen-bond donors (Lipinski definition) is 0. The third kappa shape index (κ3) is 8.29. The Balaban J connectivity index is 0.987. The van der Waals surface area contributed by atoms with Gasteiger partial charge in [0.05, 0.1) is 11.4 Å². The fraction of sp³-hybridized carbons (Fsp3) is 0.0526. The predicted octanol–water partition coefficient (Wildman–Crippen LogP) is 16.1. The van der Waals surface area contributed by atoms with Crippen LogP contribution in [-0.2, 0) is 0 Å². The number of benzene rings is 11. The third-order valence-electron chi connectivity index (χ3n) is 17.5. The summed E-state index contributed by atoms with van der Waals surface area (Å²) in [5, 5.41) is 0. The van der Waals surface area contributed by atoms with E-state index in [9.17, 15) is 0 Å². The molecule has 0 unspecified atom stereocenters. The summed E-state index contributed by atoms with van der Waals surface area (Å²) in [6, 6.07) is 94.4. The zero-order valence-corrected chi connectivity index (χ0v) is 47.1. The molecular formula is C76H57B2N5O2. The molecule has 85 heavy (non-hydrogen) atoms. The van der Waals surface area contributed by atoms with Crippen LogP contribution in [0, 0.1) is 0 Å². The summed E-state index contributed by atoms with van der Waals surface area (Å²) in [4.78, 5) is 12.1. The Morgan fingerprint density at radius 3 is 1.33 bits per heavy atom. The molecule has 0 N–H and O–H groups in total. The summed E-state index contributed by atoms with van der Waals surface area (Å²) in [5.74, 6) is 3.35. The van der Waals surface area contributed by atoms with Crippen LogP contribution in [0.15, 0.2) is 297 Å². The van der Waals surface area contributed by atoms with Crippen LogP contribution in [0.4, 0.5) is 73.9 Å². The van der Waals surface area contributed by atoms with Gasteiger partial charge in [-0.3, -0.25) is 0 Å². The molecule has 0 amide bonds. The monoisotopic (exact) mass is 1090 g/mol. The van der Waals surface area contributed by atoms with E-state index >= 15 is 0 Å². The first kappa shape index (κ1) is 50.1. The minimum Gasteiger partial charge on any atom is -0.458 e. The van der Waals surface area contributed by atoms with Crippen LogP contribution >= 0.6 is 0 Å². The third-order valence-corrected chi connectivity index (χ3v) is 17.5. The minimum atomic E-state index is -0.219. The highest BCUT2D eigenvalue weighted by Crippen LogP contribution is 2.50. The van der Waals surface area contributed by atoms with E-state index < -0.39 is 0 Å². The average Bonchev–Trinajstić information content (AvgIpc) is 1.07. The Kier molecular flexibility index (Phi) is 12.2. The van der Waals surface area contributed by atoms with E-state index in [1.807, 2.05) is 6.08 Å². The molecule has 0 saturated heterocycles. The van der Waals surface area contributed by atoms with Crippen LogP contribution in [0.25, 0.3) is 0 Å². The van der Waals surface area contributed by atoms with Gasteiger partial charge in [-0.05, 0) is 167 Å². The number of anilines is 13. The Bertz CT molecular complexity index is 4390. The minimum absolute atomic E-state index is 0.179. The van der Waals surface area contributed by atoms with Crippen molar-refractivity contribution < 1.29 is 9.47 Å². The maximum Gasteiger partial charge on any atom is 0.256 e. The number of ether oxygens (including phenoxy) is 2. The smallest absolute Gasteiger partial charge is 0.256 e. The van der Waals surface area contributed by atoms with Crippen LogP contribution in [0.1, 0.15) is 19.8 Å². The lowest BCUT2D eigenvalue weighted by molar-refractivity contribution is 0.487. The molecule has 7 nitrogen and oxygen atoms in total. The van der Waals surface area contributed by atoms with Crippen molar-refractivity contribution in [3.8, 4) is 23.0 Å². The standard InChI is InChI=1S/C76H57B2N5O2/c1-3-26-66-52(4-2)27-25-44-79(66)59-42-43-63-72(47-59)85-74-49-61(81(55-32-15-7-16-33-55)56-34-17-8-18-35-56)46-70-76(74)78(63)65-50-64-67(51-68(65)83(70)58-38-21-10-22-39-58)82(57-36-19-9-20-37-57)69-45-60(48-73-75(69)77(64)62-40-23-24-41-71(62)84-73)80(53-28-11-5-12-29-53)54-30-13-6-14-31-54/h3-24,26,28-43,45-51H,2,25,27,44H2,1H3/b26-3-. The summed E-state index contributed by atoms with van der Waals surface area (Å²) in [7, 11) is 0. The maximum atomic E-state index is 7.54. The maximum absolute atomic E-state index is 7.54. The molecule has 0 radical (unpaired) electrons. The average molecular weight is 1090 g/mol. The summed E-state index contributed by atoms with van der Waals surface area (Å²) >= 11 is 0. The molecule has 11 aromatic rings. The Morgan fingerprint density at radius 1 is 0.400 bits per heavy atom. The van der Waals surface area contributed by atoms with E-state index in [0.717, 1.165) is 138 Å². The highest BCUT2D eigenvalue weighted by Gasteiger charge is 2.48. The lowest BCUT2D eigenvalue weighted by atomic mass is 9.31. The largest absolute Gasteiger partial charge is 0.458 e. The van der Waals surface area contributed by atoms with Gasteiger partial charge in [-0.1, -0.05) is 158 Å². The van der Waals surface area contributed by atoms with Crippen LogP contribution < -0.4 is 66.8 Å². The van der Waals surface area contributed by atoms with E-state index in [0.29, 0.717) is 0 Å². The zero-order chi connectivity index (χ0) is 56.5. The first-order valence-corrected chi connectivity index (χ1v) is 29.5. The van der Waals surface area contributed by atoms with Gasteiger partial charge < -0.3 is 34.0 Å². The van der Waals surface area contributed by atoms with Crippen molar-refractivity contribution in [2.24, 2.45) is 0 Å². The van der Waals surface area contributed by atoms with Gasteiger partial charge in [0.15, 0.2) is 0 Å². The molecule has 404 valence electrons. The van der Waals surface area contributed by atoms with Gasteiger partial charge in [0, 0.05) is 93.0 Å². The van der Waals surface area contributed by atoms with Gasteiger partial charge >= 0.3 is 0 Å². The molecule has 9 heteroatoms. The summed E-state index contributed by atoms with van der Waals surface area (Å²) in [6.07, 6.45) is 8.41. The molecule has 5 aliphatic rings. The second kappa shape index (κ2) is 20.7. The van der Waals surface area contributed by atoms with Crippen molar-refractivity contribution in [1.82, 2.24) is 0 Å². The van der Waals surface area contributed by atoms with E-state index in [4.69, 9.17) is 9.47 Å². The molecule has 16 rings (SSSR count). The van der Waals surface area contributed by atoms with Gasteiger partial charge in [0.2, 0.25) is 0 Å². The number of para-hydroxylation sites is 7. The van der Waals surface area contributed by atoms with Crippen molar-refractivity contribution in [2.75, 3.05) is 31.0 Å². The summed E-state index contributed by atoms with van der Waals surface area (Å²) in [6.45, 7) is 6.84. The molecule has 11 aromatic carbocycles. The van der Waals surface area contributed by atoms with E-state index in [2.05, 4.69) is 311 Å². The first-order chi connectivity index (χ1) is 42.1. The van der Waals surface area contributed by atoms with Crippen molar-refractivity contribution >= 4 is 120 Å².